The Bertz CT molecular complexity index is 456. The summed E-state index contributed by atoms with van der Waals surface area (Å²) >= 11 is 12.5. The minimum atomic E-state index is 0.107. The molecule has 1 aliphatic rings. The van der Waals surface area contributed by atoms with Gasteiger partial charge < -0.3 is 10.5 Å². The van der Waals surface area contributed by atoms with Crippen LogP contribution in [0.2, 0.25) is 10.0 Å². The molecule has 1 unspecified atom stereocenters. The van der Waals surface area contributed by atoms with E-state index in [2.05, 4.69) is 6.92 Å². The van der Waals surface area contributed by atoms with Gasteiger partial charge in [0.1, 0.15) is 5.75 Å². The van der Waals surface area contributed by atoms with Crippen LogP contribution < -0.4 is 10.5 Å². The fourth-order valence-electron chi connectivity index (χ4n) is 2.85. The molecule has 2 rings (SSSR count). The summed E-state index contributed by atoms with van der Waals surface area (Å²) in [6, 6.07) is 3.81. The summed E-state index contributed by atoms with van der Waals surface area (Å²) < 4.78 is 6.25. The molecule has 0 amide bonds. The lowest BCUT2D eigenvalue weighted by Crippen LogP contribution is -2.23. The summed E-state index contributed by atoms with van der Waals surface area (Å²) in [5.74, 6) is 0.789. The van der Waals surface area contributed by atoms with Gasteiger partial charge in [0.15, 0.2) is 0 Å². The molecule has 1 aliphatic carbocycles. The molecular formula is C17H25Cl2NO. The van der Waals surface area contributed by atoms with Crippen LogP contribution in [0.25, 0.3) is 0 Å². The van der Waals surface area contributed by atoms with E-state index >= 15 is 0 Å². The molecule has 118 valence electrons. The van der Waals surface area contributed by atoms with Crippen molar-refractivity contribution in [3.05, 3.63) is 27.7 Å². The number of halogens is 2. The largest absolute Gasteiger partial charge is 0.489 e. The van der Waals surface area contributed by atoms with Gasteiger partial charge >= 0.3 is 0 Å². The third kappa shape index (κ3) is 5.05. The molecule has 0 spiro atoms. The third-order valence-corrected chi connectivity index (χ3v) is 4.68. The van der Waals surface area contributed by atoms with E-state index in [1.165, 1.54) is 25.7 Å². The van der Waals surface area contributed by atoms with Crippen LogP contribution >= 0.6 is 23.2 Å². The molecule has 0 radical (unpaired) electrons. The van der Waals surface area contributed by atoms with Gasteiger partial charge in [-0.05, 0) is 56.2 Å². The molecule has 1 fully saturated rings. The van der Waals surface area contributed by atoms with E-state index < -0.39 is 0 Å². The summed E-state index contributed by atoms with van der Waals surface area (Å²) in [4.78, 5) is 0. The predicted molar refractivity (Wildman–Crippen MR) is 90.6 cm³/mol. The highest BCUT2D eigenvalue weighted by molar-refractivity contribution is 6.35. The van der Waals surface area contributed by atoms with Gasteiger partial charge in [-0.15, -0.1) is 0 Å². The molecule has 0 saturated heterocycles. The summed E-state index contributed by atoms with van der Waals surface area (Å²) in [6.45, 7) is 2.09. The molecule has 1 saturated carbocycles. The summed E-state index contributed by atoms with van der Waals surface area (Å²) in [5, 5.41) is 1.25. The van der Waals surface area contributed by atoms with Crippen LogP contribution in [0.4, 0.5) is 0 Å². The van der Waals surface area contributed by atoms with Gasteiger partial charge in [0.2, 0.25) is 0 Å². The van der Waals surface area contributed by atoms with E-state index in [0.29, 0.717) is 10.0 Å². The maximum Gasteiger partial charge on any atom is 0.141 e. The van der Waals surface area contributed by atoms with E-state index in [0.717, 1.165) is 37.0 Å². The molecule has 21 heavy (non-hydrogen) atoms. The Morgan fingerprint density at radius 1 is 1.19 bits per heavy atom. The maximum absolute atomic E-state index is 6.37. The highest BCUT2D eigenvalue weighted by atomic mass is 35.5. The van der Waals surface area contributed by atoms with Crippen molar-refractivity contribution < 1.29 is 4.74 Å². The first kappa shape index (κ1) is 16.9. The fraction of sp³-hybridized carbons (Fsp3) is 0.647. The minimum Gasteiger partial charge on any atom is -0.489 e. The molecule has 2 nitrogen and oxygen atoms in total. The van der Waals surface area contributed by atoms with Gasteiger partial charge in [-0.25, -0.2) is 0 Å². The monoisotopic (exact) mass is 329 g/mol. The summed E-state index contributed by atoms with van der Waals surface area (Å²) in [7, 11) is 0. The number of hydrogen-bond donors (Lipinski definition) is 1. The van der Waals surface area contributed by atoms with Crippen LogP contribution in [-0.4, -0.2) is 12.1 Å². The third-order valence-electron chi connectivity index (χ3n) is 4.18. The fourth-order valence-corrected chi connectivity index (χ4v) is 3.43. The van der Waals surface area contributed by atoms with Crippen molar-refractivity contribution in [3.8, 4) is 5.75 Å². The molecule has 0 aliphatic heterocycles. The van der Waals surface area contributed by atoms with E-state index in [9.17, 15) is 0 Å². The van der Waals surface area contributed by atoms with Crippen LogP contribution in [0.15, 0.2) is 12.1 Å². The zero-order chi connectivity index (χ0) is 15.2. The normalized spacial score (nSPS) is 18.3. The van der Waals surface area contributed by atoms with Crippen LogP contribution in [-0.2, 0) is 6.42 Å². The van der Waals surface area contributed by atoms with Crippen molar-refractivity contribution in [2.24, 2.45) is 5.73 Å². The number of benzene rings is 1. The van der Waals surface area contributed by atoms with Crippen LogP contribution in [0.3, 0.4) is 0 Å². The Morgan fingerprint density at radius 2 is 1.86 bits per heavy atom. The SMILES string of the molecule is CCC(N)Cc1cc(Cl)cc(Cl)c1OC1CCCCCC1. The van der Waals surface area contributed by atoms with Crippen molar-refractivity contribution in [3.63, 3.8) is 0 Å². The maximum atomic E-state index is 6.37. The Kier molecular flexibility index (Phi) is 6.66. The first-order valence-electron chi connectivity index (χ1n) is 8.00. The van der Waals surface area contributed by atoms with Crippen LogP contribution in [0.1, 0.15) is 57.4 Å². The second-order valence-electron chi connectivity index (χ2n) is 5.98. The standard InChI is InChI=1S/C17H25Cl2NO/c1-2-14(20)10-12-9-13(18)11-16(19)17(12)21-15-7-5-3-4-6-8-15/h9,11,14-15H,2-8,10,20H2,1H3. The molecule has 0 heterocycles. The molecule has 1 atom stereocenters. The number of ether oxygens (including phenoxy) is 1. The van der Waals surface area contributed by atoms with E-state index in [1.807, 2.05) is 6.07 Å². The molecule has 1 aromatic rings. The molecule has 0 aromatic heterocycles. The Morgan fingerprint density at radius 3 is 2.48 bits per heavy atom. The van der Waals surface area contributed by atoms with Crippen molar-refractivity contribution >= 4 is 23.2 Å². The molecule has 1 aromatic carbocycles. The lowest BCUT2D eigenvalue weighted by Gasteiger charge is -2.22. The summed E-state index contributed by atoms with van der Waals surface area (Å²) in [5.41, 5.74) is 7.12. The predicted octanol–water partition coefficient (Wildman–Crippen LogP) is 5.37. The smallest absolute Gasteiger partial charge is 0.141 e. The Labute approximate surface area is 137 Å². The van der Waals surface area contributed by atoms with E-state index in [-0.39, 0.29) is 12.1 Å². The van der Waals surface area contributed by atoms with Crippen molar-refractivity contribution in [2.75, 3.05) is 0 Å². The average molecular weight is 330 g/mol. The van der Waals surface area contributed by atoms with Crippen molar-refractivity contribution in [1.29, 1.82) is 0 Å². The summed E-state index contributed by atoms with van der Waals surface area (Å²) in [6.07, 6.45) is 9.24. The number of nitrogens with two attached hydrogens (primary N) is 1. The molecular weight excluding hydrogens is 305 g/mol. The van der Waals surface area contributed by atoms with Gasteiger partial charge in [0, 0.05) is 11.1 Å². The Balaban J connectivity index is 2.19. The minimum absolute atomic E-state index is 0.107. The zero-order valence-electron chi connectivity index (χ0n) is 12.7. The second-order valence-corrected chi connectivity index (χ2v) is 6.82. The number of rotatable bonds is 5. The lowest BCUT2D eigenvalue weighted by atomic mass is 10.0. The highest BCUT2D eigenvalue weighted by Gasteiger charge is 2.19. The highest BCUT2D eigenvalue weighted by Crippen LogP contribution is 2.35. The van der Waals surface area contributed by atoms with Crippen molar-refractivity contribution in [2.45, 2.75) is 70.4 Å². The topological polar surface area (TPSA) is 35.2 Å². The first-order chi connectivity index (χ1) is 10.1. The van der Waals surface area contributed by atoms with Gasteiger partial charge in [0.25, 0.3) is 0 Å². The quantitative estimate of drug-likeness (QED) is 0.736. The van der Waals surface area contributed by atoms with E-state index in [1.54, 1.807) is 6.07 Å². The zero-order valence-corrected chi connectivity index (χ0v) is 14.2. The molecule has 0 bridgehead atoms. The van der Waals surface area contributed by atoms with Gasteiger partial charge in [-0.3, -0.25) is 0 Å². The Hall–Kier alpha value is -0.440. The molecule has 4 heteroatoms. The van der Waals surface area contributed by atoms with Crippen molar-refractivity contribution in [1.82, 2.24) is 0 Å². The van der Waals surface area contributed by atoms with Crippen LogP contribution in [0, 0.1) is 0 Å². The van der Waals surface area contributed by atoms with E-state index in [4.69, 9.17) is 33.7 Å². The average Bonchev–Trinajstić information content (AvgIpc) is 2.71. The second kappa shape index (κ2) is 8.26. The van der Waals surface area contributed by atoms with Crippen LogP contribution in [0.5, 0.6) is 5.75 Å². The van der Waals surface area contributed by atoms with Gasteiger partial charge in [-0.2, -0.15) is 0 Å². The lowest BCUT2D eigenvalue weighted by molar-refractivity contribution is 0.182. The number of hydrogen-bond acceptors (Lipinski definition) is 2. The van der Waals surface area contributed by atoms with Gasteiger partial charge in [0.05, 0.1) is 11.1 Å². The first-order valence-corrected chi connectivity index (χ1v) is 8.76. The molecule has 2 N–H and O–H groups in total. The van der Waals surface area contributed by atoms with Gasteiger partial charge in [-0.1, -0.05) is 43.0 Å².